The molecule has 1 amide bonds. The van der Waals surface area contributed by atoms with Gasteiger partial charge in [0.05, 0.1) is 6.54 Å². The van der Waals surface area contributed by atoms with E-state index in [2.05, 4.69) is 17.1 Å². The molecule has 110 valence electrons. The maximum Gasteiger partial charge on any atom is 0.238 e. The lowest BCUT2D eigenvalue weighted by Gasteiger charge is -2.31. The quantitative estimate of drug-likeness (QED) is 0.831. The molecule has 4 heteroatoms. The van der Waals surface area contributed by atoms with E-state index in [0.29, 0.717) is 12.2 Å². The highest BCUT2D eigenvalue weighted by Gasteiger charge is 2.20. The zero-order chi connectivity index (χ0) is 14.5. The fourth-order valence-electron chi connectivity index (χ4n) is 2.81. The van der Waals surface area contributed by atoms with Gasteiger partial charge in [-0.2, -0.15) is 0 Å². The van der Waals surface area contributed by atoms with Crippen molar-refractivity contribution in [2.75, 3.05) is 30.7 Å². The first-order chi connectivity index (χ1) is 9.60. The van der Waals surface area contributed by atoms with Crippen LogP contribution in [0.15, 0.2) is 18.2 Å². The number of nitrogens with zero attached hydrogens (tertiary/aromatic N) is 1. The fourth-order valence-corrected chi connectivity index (χ4v) is 2.81. The zero-order valence-corrected chi connectivity index (χ0v) is 12.5. The van der Waals surface area contributed by atoms with Crippen molar-refractivity contribution in [1.29, 1.82) is 0 Å². The minimum atomic E-state index is 0.0513. The smallest absolute Gasteiger partial charge is 0.238 e. The molecule has 0 saturated carbocycles. The predicted octanol–water partition coefficient (Wildman–Crippen LogP) is 2.64. The zero-order valence-electron chi connectivity index (χ0n) is 12.5. The standard InChI is InChI=1S/C16H25N3O/c1-3-13-6-5-9-19(10-13)11-16(20)18-15-8-4-7-14(17)12(15)2/h4,7-8,13H,3,5-6,9-11,17H2,1-2H3,(H,18,20). The molecule has 0 aromatic heterocycles. The molecule has 1 heterocycles. The Morgan fingerprint density at radius 1 is 1.50 bits per heavy atom. The third-order valence-electron chi connectivity index (χ3n) is 4.20. The highest BCUT2D eigenvalue weighted by atomic mass is 16.2. The van der Waals surface area contributed by atoms with Crippen LogP contribution in [0.5, 0.6) is 0 Å². The lowest BCUT2D eigenvalue weighted by Crippen LogP contribution is -2.40. The molecule has 1 atom stereocenters. The van der Waals surface area contributed by atoms with Crippen LogP contribution in [0, 0.1) is 12.8 Å². The molecular formula is C16H25N3O. The summed E-state index contributed by atoms with van der Waals surface area (Å²) in [5.41, 5.74) is 8.32. The van der Waals surface area contributed by atoms with Gasteiger partial charge in [0.1, 0.15) is 0 Å². The molecule has 1 unspecified atom stereocenters. The molecule has 1 aliphatic rings. The number of likely N-dealkylation sites (tertiary alicyclic amines) is 1. The number of anilines is 2. The minimum Gasteiger partial charge on any atom is -0.398 e. The van der Waals surface area contributed by atoms with E-state index in [1.54, 1.807) is 0 Å². The molecule has 3 N–H and O–H groups in total. The SMILES string of the molecule is CCC1CCCN(CC(=O)Nc2cccc(N)c2C)C1. The van der Waals surface area contributed by atoms with E-state index in [9.17, 15) is 4.79 Å². The summed E-state index contributed by atoms with van der Waals surface area (Å²) in [6.07, 6.45) is 3.69. The molecule has 1 fully saturated rings. The summed E-state index contributed by atoms with van der Waals surface area (Å²) < 4.78 is 0. The Morgan fingerprint density at radius 3 is 3.05 bits per heavy atom. The number of carbonyl (C=O) groups excluding carboxylic acids is 1. The molecule has 0 bridgehead atoms. The van der Waals surface area contributed by atoms with E-state index >= 15 is 0 Å². The molecule has 1 aliphatic heterocycles. The molecule has 1 saturated heterocycles. The van der Waals surface area contributed by atoms with Crippen LogP contribution in [0.25, 0.3) is 0 Å². The van der Waals surface area contributed by atoms with Gasteiger partial charge in [0.2, 0.25) is 5.91 Å². The molecule has 20 heavy (non-hydrogen) atoms. The third kappa shape index (κ3) is 3.73. The maximum atomic E-state index is 12.1. The van der Waals surface area contributed by atoms with Gasteiger partial charge in [0, 0.05) is 17.9 Å². The molecule has 1 aromatic rings. The van der Waals surface area contributed by atoms with Gasteiger partial charge in [-0.3, -0.25) is 9.69 Å². The van der Waals surface area contributed by atoms with E-state index in [4.69, 9.17) is 5.73 Å². The molecule has 0 aliphatic carbocycles. The molecule has 0 radical (unpaired) electrons. The lowest BCUT2D eigenvalue weighted by atomic mass is 9.96. The largest absolute Gasteiger partial charge is 0.398 e. The van der Waals surface area contributed by atoms with Crippen LogP contribution in [0.4, 0.5) is 11.4 Å². The molecule has 1 aromatic carbocycles. The van der Waals surface area contributed by atoms with E-state index in [1.165, 1.54) is 19.3 Å². The highest BCUT2D eigenvalue weighted by molar-refractivity contribution is 5.93. The number of nitrogen functional groups attached to an aromatic ring is 1. The minimum absolute atomic E-state index is 0.0513. The van der Waals surface area contributed by atoms with Crippen LogP contribution in [0.1, 0.15) is 31.7 Å². The molecule has 4 nitrogen and oxygen atoms in total. The Morgan fingerprint density at radius 2 is 2.30 bits per heavy atom. The Bertz CT molecular complexity index is 473. The van der Waals surface area contributed by atoms with Gasteiger partial charge in [-0.25, -0.2) is 0 Å². The van der Waals surface area contributed by atoms with Crippen molar-refractivity contribution in [1.82, 2.24) is 4.90 Å². The molecule has 0 spiro atoms. The van der Waals surface area contributed by atoms with Gasteiger partial charge >= 0.3 is 0 Å². The number of amides is 1. The van der Waals surface area contributed by atoms with Crippen LogP contribution in [-0.4, -0.2) is 30.4 Å². The van der Waals surface area contributed by atoms with E-state index < -0.39 is 0 Å². The predicted molar refractivity (Wildman–Crippen MR) is 83.7 cm³/mol. The van der Waals surface area contributed by atoms with Crippen LogP contribution < -0.4 is 11.1 Å². The summed E-state index contributed by atoms with van der Waals surface area (Å²) in [6.45, 7) is 6.70. The van der Waals surface area contributed by atoms with Crippen LogP contribution in [0.2, 0.25) is 0 Å². The van der Waals surface area contributed by atoms with Gasteiger partial charge in [-0.05, 0) is 49.9 Å². The number of nitrogens with two attached hydrogens (primary N) is 1. The van der Waals surface area contributed by atoms with E-state index in [-0.39, 0.29) is 5.91 Å². The monoisotopic (exact) mass is 275 g/mol. The lowest BCUT2D eigenvalue weighted by molar-refractivity contribution is -0.117. The van der Waals surface area contributed by atoms with E-state index in [0.717, 1.165) is 30.3 Å². The number of carbonyl (C=O) groups is 1. The molecule has 2 rings (SSSR count). The van der Waals surface area contributed by atoms with Crippen molar-refractivity contribution in [2.24, 2.45) is 5.92 Å². The van der Waals surface area contributed by atoms with Crippen molar-refractivity contribution in [3.63, 3.8) is 0 Å². The normalized spacial score (nSPS) is 19.8. The van der Waals surface area contributed by atoms with Gasteiger partial charge < -0.3 is 11.1 Å². The Kier molecular flexibility index (Phi) is 5.01. The Balaban J connectivity index is 1.90. The Hall–Kier alpha value is -1.55. The summed E-state index contributed by atoms with van der Waals surface area (Å²) >= 11 is 0. The molecular weight excluding hydrogens is 250 g/mol. The first-order valence-electron chi connectivity index (χ1n) is 7.47. The van der Waals surface area contributed by atoms with Crippen LogP contribution in [0.3, 0.4) is 0 Å². The second-order valence-corrected chi connectivity index (χ2v) is 5.72. The third-order valence-corrected chi connectivity index (χ3v) is 4.20. The number of rotatable bonds is 4. The van der Waals surface area contributed by atoms with E-state index in [1.807, 2.05) is 25.1 Å². The number of hydrogen-bond acceptors (Lipinski definition) is 3. The van der Waals surface area contributed by atoms with Crippen molar-refractivity contribution in [3.05, 3.63) is 23.8 Å². The van der Waals surface area contributed by atoms with Crippen molar-refractivity contribution in [2.45, 2.75) is 33.1 Å². The van der Waals surface area contributed by atoms with Gasteiger partial charge in [-0.15, -0.1) is 0 Å². The van der Waals surface area contributed by atoms with Crippen molar-refractivity contribution in [3.8, 4) is 0 Å². The van der Waals surface area contributed by atoms with Crippen LogP contribution >= 0.6 is 0 Å². The maximum absolute atomic E-state index is 12.1. The van der Waals surface area contributed by atoms with Gasteiger partial charge in [0.15, 0.2) is 0 Å². The second kappa shape index (κ2) is 6.75. The number of piperidine rings is 1. The number of nitrogens with one attached hydrogen (secondary N) is 1. The van der Waals surface area contributed by atoms with Crippen LogP contribution in [-0.2, 0) is 4.79 Å². The summed E-state index contributed by atoms with van der Waals surface area (Å²) in [7, 11) is 0. The topological polar surface area (TPSA) is 58.4 Å². The summed E-state index contributed by atoms with van der Waals surface area (Å²) in [5.74, 6) is 0.793. The van der Waals surface area contributed by atoms with Gasteiger partial charge in [-0.1, -0.05) is 19.4 Å². The van der Waals surface area contributed by atoms with Crippen molar-refractivity contribution >= 4 is 17.3 Å². The second-order valence-electron chi connectivity index (χ2n) is 5.72. The summed E-state index contributed by atoms with van der Waals surface area (Å²) in [4.78, 5) is 14.4. The number of benzene rings is 1. The first-order valence-corrected chi connectivity index (χ1v) is 7.47. The van der Waals surface area contributed by atoms with Crippen molar-refractivity contribution < 1.29 is 4.79 Å². The average Bonchev–Trinajstić information content (AvgIpc) is 2.44. The first kappa shape index (κ1) is 14.9. The fraction of sp³-hybridized carbons (Fsp3) is 0.562. The van der Waals surface area contributed by atoms with Gasteiger partial charge in [0.25, 0.3) is 0 Å². The Labute approximate surface area is 121 Å². The highest BCUT2D eigenvalue weighted by Crippen LogP contribution is 2.21. The summed E-state index contributed by atoms with van der Waals surface area (Å²) in [6, 6.07) is 5.61. The number of hydrogen-bond donors (Lipinski definition) is 2. The average molecular weight is 275 g/mol. The summed E-state index contributed by atoms with van der Waals surface area (Å²) in [5, 5.41) is 2.97.